The highest BCUT2D eigenvalue weighted by molar-refractivity contribution is 5.95. The maximum Gasteiger partial charge on any atom is 0.251 e. The topological polar surface area (TPSA) is 108 Å². The van der Waals surface area contributed by atoms with Crippen LogP contribution in [-0.4, -0.2) is 45.2 Å². The Bertz CT molecular complexity index is 1100. The fourth-order valence-electron chi connectivity index (χ4n) is 4.45. The van der Waals surface area contributed by atoms with Gasteiger partial charge in [-0.25, -0.2) is 10.5 Å². The van der Waals surface area contributed by atoms with E-state index in [1.54, 1.807) is 5.48 Å². The van der Waals surface area contributed by atoms with E-state index >= 15 is 0 Å². The number of para-hydroxylation sites is 2. The summed E-state index contributed by atoms with van der Waals surface area (Å²) in [6.07, 6.45) is 2.13. The van der Waals surface area contributed by atoms with Crippen LogP contribution in [0, 0.1) is 6.92 Å². The SMILES string of the molecule is Cc1nc2ccccc2n1CCc1ccc(C(=O)NC2(CC(=O)NO)CCNCC2)cc1. The van der Waals surface area contributed by atoms with E-state index < -0.39 is 11.4 Å². The Morgan fingerprint density at radius 1 is 1.12 bits per heavy atom. The quantitative estimate of drug-likeness (QED) is 0.337. The Hall–Kier alpha value is -3.23. The molecule has 1 aliphatic heterocycles. The molecule has 1 aliphatic rings. The summed E-state index contributed by atoms with van der Waals surface area (Å²) >= 11 is 0. The molecule has 2 aromatic carbocycles. The van der Waals surface area contributed by atoms with E-state index in [0.29, 0.717) is 31.5 Å². The fourth-order valence-corrected chi connectivity index (χ4v) is 4.45. The number of hydrogen-bond acceptors (Lipinski definition) is 5. The van der Waals surface area contributed by atoms with Gasteiger partial charge in [0, 0.05) is 12.1 Å². The van der Waals surface area contributed by atoms with Crippen molar-refractivity contribution in [3.8, 4) is 0 Å². The summed E-state index contributed by atoms with van der Waals surface area (Å²) < 4.78 is 2.21. The number of piperidine rings is 1. The minimum absolute atomic E-state index is 0.0488. The predicted octanol–water partition coefficient (Wildman–Crippen LogP) is 2.33. The van der Waals surface area contributed by atoms with E-state index in [9.17, 15) is 9.59 Å². The molecule has 0 unspecified atom stereocenters. The molecule has 0 atom stereocenters. The Labute approximate surface area is 187 Å². The van der Waals surface area contributed by atoms with E-state index in [-0.39, 0.29) is 12.3 Å². The molecule has 0 saturated carbocycles. The number of amides is 2. The molecule has 0 bridgehead atoms. The van der Waals surface area contributed by atoms with Gasteiger partial charge in [0.2, 0.25) is 5.91 Å². The van der Waals surface area contributed by atoms with E-state index in [1.807, 2.05) is 49.4 Å². The molecule has 4 N–H and O–H groups in total. The number of rotatable bonds is 7. The summed E-state index contributed by atoms with van der Waals surface area (Å²) in [5.41, 5.74) is 4.84. The van der Waals surface area contributed by atoms with Crippen LogP contribution in [0.3, 0.4) is 0 Å². The first-order valence-electron chi connectivity index (χ1n) is 11.0. The van der Waals surface area contributed by atoms with Crippen molar-refractivity contribution in [3.05, 3.63) is 65.5 Å². The molecule has 2 amide bonds. The lowest BCUT2D eigenvalue weighted by Crippen LogP contribution is -2.56. The molecule has 0 aliphatic carbocycles. The van der Waals surface area contributed by atoms with Gasteiger partial charge in [0.15, 0.2) is 0 Å². The second-order valence-corrected chi connectivity index (χ2v) is 8.44. The highest BCUT2D eigenvalue weighted by Crippen LogP contribution is 2.23. The van der Waals surface area contributed by atoms with Gasteiger partial charge in [-0.2, -0.15) is 0 Å². The third-order valence-electron chi connectivity index (χ3n) is 6.25. The van der Waals surface area contributed by atoms with Crippen molar-refractivity contribution in [2.24, 2.45) is 0 Å². The molecule has 32 heavy (non-hydrogen) atoms. The van der Waals surface area contributed by atoms with Crippen molar-refractivity contribution >= 4 is 22.8 Å². The number of carbonyl (C=O) groups excluding carboxylic acids is 2. The normalized spacial score (nSPS) is 15.4. The lowest BCUT2D eigenvalue weighted by atomic mass is 9.84. The van der Waals surface area contributed by atoms with Gasteiger partial charge in [0.25, 0.3) is 5.91 Å². The zero-order valence-electron chi connectivity index (χ0n) is 18.2. The monoisotopic (exact) mass is 435 g/mol. The van der Waals surface area contributed by atoms with Crippen LogP contribution in [0.15, 0.2) is 48.5 Å². The molecule has 2 heterocycles. The van der Waals surface area contributed by atoms with Crippen molar-refractivity contribution in [2.75, 3.05) is 13.1 Å². The third kappa shape index (κ3) is 4.81. The number of imidazole rings is 1. The molecular formula is C24H29N5O3. The van der Waals surface area contributed by atoms with Crippen molar-refractivity contribution in [1.82, 2.24) is 25.7 Å². The maximum absolute atomic E-state index is 12.9. The zero-order valence-corrected chi connectivity index (χ0v) is 18.2. The molecule has 8 heteroatoms. The second-order valence-electron chi connectivity index (χ2n) is 8.44. The van der Waals surface area contributed by atoms with Crippen LogP contribution in [0.5, 0.6) is 0 Å². The number of fused-ring (bicyclic) bond motifs is 1. The van der Waals surface area contributed by atoms with Gasteiger partial charge in [0.05, 0.1) is 23.0 Å². The Balaban J connectivity index is 1.41. The van der Waals surface area contributed by atoms with Crippen LogP contribution < -0.4 is 16.1 Å². The summed E-state index contributed by atoms with van der Waals surface area (Å²) in [5, 5.41) is 15.2. The summed E-state index contributed by atoms with van der Waals surface area (Å²) in [6, 6.07) is 15.7. The molecule has 0 radical (unpaired) electrons. The standard InChI is InChI=1S/C24H29N5O3/c1-17-26-20-4-2-3-5-21(20)29(17)15-10-18-6-8-19(9-7-18)23(31)27-24(16-22(30)28-32)11-13-25-14-12-24/h2-9,25,32H,10-16H2,1H3,(H,27,31)(H,28,30). The lowest BCUT2D eigenvalue weighted by Gasteiger charge is -2.37. The number of aromatic nitrogens is 2. The van der Waals surface area contributed by atoms with E-state index in [4.69, 9.17) is 5.21 Å². The number of hydroxylamine groups is 1. The molecule has 8 nitrogen and oxygen atoms in total. The largest absolute Gasteiger partial charge is 0.346 e. The van der Waals surface area contributed by atoms with Gasteiger partial charge < -0.3 is 15.2 Å². The molecule has 1 aromatic heterocycles. The van der Waals surface area contributed by atoms with Crippen molar-refractivity contribution < 1.29 is 14.8 Å². The second kappa shape index (κ2) is 9.50. The van der Waals surface area contributed by atoms with Gasteiger partial charge in [-0.15, -0.1) is 0 Å². The number of hydrogen-bond donors (Lipinski definition) is 4. The van der Waals surface area contributed by atoms with Gasteiger partial charge in [-0.1, -0.05) is 24.3 Å². The highest BCUT2D eigenvalue weighted by Gasteiger charge is 2.36. The Morgan fingerprint density at radius 2 is 1.84 bits per heavy atom. The molecule has 168 valence electrons. The van der Waals surface area contributed by atoms with E-state index in [0.717, 1.165) is 35.4 Å². The predicted molar refractivity (Wildman–Crippen MR) is 121 cm³/mol. The van der Waals surface area contributed by atoms with Crippen LogP contribution >= 0.6 is 0 Å². The number of benzene rings is 2. The summed E-state index contributed by atoms with van der Waals surface area (Å²) in [7, 11) is 0. The average molecular weight is 436 g/mol. The smallest absolute Gasteiger partial charge is 0.251 e. The first-order valence-corrected chi connectivity index (χ1v) is 11.0. The van der Waals surface area contributed by atoms with E-state index in [1.165, 1.54) is 0 Å². The van der Waals surface area contributed by atoms with Gasteiger partial charge >= 0.3 is 0 Å². The van der Waals surface area contributed by atoms with Crippen molar-refractivity contribution in [1.29, 1.82) is 0 Å². The number of nitrogens with one attached hydrogen (secondary N) is 3. The summed E-state index contributed by atoms with van der Waals surface area (Å²) in [6.45, 7) is 4.24. The molecule has 0 spiro atoms. The van der Waals surface area contributed by atoms with Crippen LogP contribution in [0.1, 0.15) is 41.0 Å². The summed E-state index contributed by atoms with van der Waals surface area (Å²) in [4.78, 5) is 29.3. The first-order chi connectivity index (χ1) is 15.5. The highest BCUT2D eigenvalue weighted by atomic mass is 16.5. The average Bonchev–Trinajstić information content (AvgIpc) is 3.13. The Kier molecular flexibility index (Phi) is 6.53. The van der Waals surface area contributed by atoms with Crippen molar-refractivity contribution in [2.45, 2.75) is 44.7 Å². The van der Waals surface area contributed by atoms with E-state index in [2.05, 4.69) is 26.3 Å². The maximum atomic E-state index is 12.9. The number of nitrogens with zero attached hydrogens (tertiary/aromatic N) is 2. The molecule has 3 aromatic rings. The van der Waals surface area contributed by atoms with Gasteiger partial charge in [0.1, 0.15) is 5.82 Å². The van der Waals surface area contributed by atoms with Crippen LogP contribution in [0.2, 0.25) is 0 Å². The van der Waals surface area contributed by atoms with Crippen LogP contribution in [-0.2, 0) is 17.8 Å². The molecular weight excluding hydrogens is 406 g/mol. The van der Waals surface area contributed by atoms with Gasteiger partial charge in [-0.05, 0) is 69.1 Å². The fraction of sp³-hybridized carbons (Fsp3) is 0.375. The number of aryl methyl sites for hydroxylation is 3. The van der Waals surface area contributed by atoms with Crippen LogP contribution in [0.25, 0.3) is 11.0 Å². The number of carbonyl (C=O) groups is 2. The van der Waals surface area contributed by atoms with Crippen molar-refractivity contribution in [3.63, 3.8) is 0 Å². The molecule has 4 rings (SSSR count). The van der Waals surface area contributed by atoms with Crippen LogP contribution in [0.4, 0.5) is 0 Å². The summed E-state index contributed by atoms with van der Waals surface area (Å²) in [5.74, 6) is 0.284. The molecule has 1 saturated heterocycles. The lowest BCUT2D eigenvalue weighted by molar-refractivity contribution is -0.130. The minimum Gasteiger partial charge on any atom is -0.346 e. The Morgan fingerprint density at radius 3 is 2.56 bits per heavy atom. The van der Waals surface area contributed by atoms with Gasteiger partial charge in [-0.3, -0.25) is 14.8 Å². The molecule has 1 fully saturated rings. The zero-order chi connectivity index (χ0) is 22.6. The first kappa shape index (κ1) is 22.0. The minimum atomic E-state index is -0.659. The third-order valence-corrected chi connectivity index (χ3v) is 6.25.